The van der Waals surface area contributed by atoms with Crippen molar-refractivity contribution in [2.75, 3.05) is 4.90 Å². The van der Waals surface area contributed by atoms with Crippen LogP contribution in [0, 0.1) is 5.82 Å². The number of fused-ring (bicyclic) bond motifs is 4. The van der Waals surface area contributed by atoms with Gasteiger partial charge in [-0.3, -0.25) is 0 Å². The van der Waals surface area contributed by atoms with Gasteiger partial charge in [0, 0.05) is 22.5 Å². The van der Waals surface area contributed by atoms with Crippen LogP contribution in [0.5, 0.6) is 0 Å². The predicted octanol–water partition coefficient (Wildman–Crippen LogP) is 17.1. The summed E-state index contributed by atoms with van der Waals surface area (Å²) in [5.74, 6) is -0.241. The van der Waals surface area contributed by atoms with E-state index >= 15 is 0 Å². The van der Waals surface area contributed by atoms with Crippen molar-refractivity contribution in [2.24, 2.45) is 0 Å². The third kappa shape index (κ3) is 6.91. The Labute approximate surface area is 369 Å². The molecule has 0 bridgehead atoms. The van der Waals surface area contributed by atoms with E-state index in [2.05, 4.69) is 225 Å². The summed E-state index contributed by atoms with van der Waals surface area (Å²) < 4.78 is 14.5. The van der Waals surface area contributed by atoms with Gasteiger partial charge in [-0.25, -0.2) is 4.39 Å². The molecule has 0 amide bonds. The molecule has 1 aliphatic carbocycles. The molecule has 63 heavy (non-hydrogen) atoms. The maximum absolute atomic E-state index is 14.5. The quantitative estimate of drug-likeness (QED) is 0.148. The maximum atomic E-state index is 14.5. The Morgan fingerprint density at radius 1 is 0.317 bits per heavy atom. The summed E-state index contributed by atoms with van der Waals surface area (Å²) in [5.41, 5.74) is 19.7. The molecule has 0 saturated carbocycles. The Hall–Kier alpha value is -7.81. The lowest BCUT2D eigenvalue weighted by molar-refractivity contribution is 0.628. The average molecular weight is 810 g/mol. The van der Waals surface area contributed by atoms with Gasteiger partial charge >= 0.3 is 0 Å². The van der Waals surface area contributed by atoms with Crippen molar-refractivity contribution in [3.8, 4) is 66.8 Å². The van der Waals surface area contributed by atoms with Crippen molar-refractivity contribution in [3.05, 3.63) is 247 Å². The van der Waals surface area contributed by atoms with Gasteiger partial charge in [0.15, 0.2) is 0 Å². The molecule has 10 aromatic rings. The lowest BCUT2D eigenvalue weighted by Crippen LogP contribution is -2.14. The van der Waals surface area contributed by atoms with Gasteiger partial charge in [-0.15, -0.1) is 0 Å². The fourth-order valence-electron chi connectivity index (χ4n) is 9.73. The second kappa shape index (κ2) is 15.6. The molecule has 1 aliphatic rings. The highest BCUT2D eigenvalue weighted by Crippen LogP contribution is 2.50. The van der Waals surface area contributed by atoms with Crippen LogP contribution in [0.2, 0.25) is 0 Å². The molecule has 2 heteroatoms. The minimum Gasteiger partial charge on any atom is -0.310 e. The molecular formula is C61H44FN. The van der Waals surface area contributed by atoms with Gasteiger partial charge in [-0.2, -0.15) is 0 Å². The van der Waals surface area contributed by atoms with E-state index in [1.807, 2.05) is 6.07 Å². The minimum absolute atomic E-state index is 0.0432. The fraction of sp³-hybridized carbons (Fsp3) is 0.0492. The number of rotatable bonds is 8. The second-order valence-corrected chi connectivity index (χ2v) is 17.1. The number of hydrogen-bond donors (Lipinski definition) is 0. The van der Waals surface area contributed by atoms with Gasteiger partial charge < -0.3 is 4.90 Å². The molecule has 0 fully saturated rings. The first kappa shape index (κ1) is 38.1. The van der Waals surface area contributed by atoms with Gasteiger partial charge in [0.25, 0.3) is 0 Å². The average Bonchev–Trinajstić information content (AvgIpc) is 3.57. The van der Waals surface area contributed by atoms with E-state index in [-0.39, 0.29) is 11.2 Å². The summed E-state index contributed by atoms with van der Waals surface area (Å²) in [6.07, 6.45) is 0. The number of anilines is 3. The van der Waals surface area contributed by atoms with Gasteiger partial charge in [-0.05, 0) is 143 Å². The molecule has 10 aromatic carbocycles. The number of hydrogen-bond acceptors (Lipinski definition) is 1. The monoisotopic (exact) mass is 809 g/mol. The zero-order chi connectivity index (χ0) is 42.5. The van der Waals surface area contributed by atoms with Crippen molar-refractivity contribution in [2.45, 2.75) is 19.3 Å². The highest BCUT2D eigenvalue weighted by Gasteiger charge is 2.35. The topological polar surface area (TPSA) is 3.24 Å². The normalized spacial score (nSPS) is 12.5. The standard InChI is InChI=1S/C61H44FN/c1-61(2)58-23-7-6-20-56(58)57-40-48(32-37-59(57)61)47-16-9-19-53(39-47)63(51-33-28-44(29-34-51)43-26-24-42(25-27-43)41-12-4-3-5-13-41)52-35-30-45(31-36-52)54-21-10-14-46-15-11-22-55(60(46)54)49-17-8-18-50(62)38-49/h3-40H,1-2H3. The summed E-state index contributed by atoms with van der Waals surface area (Å²) in [4.78, 5) is 2.35. The molecule has 0 spiro atoms. The fourth-order valence-corrected chi connectivity index (χ4v) is 9.73. The molecule has 11 rings (SSSR count). The Morgan fingerprint density at radius 2 is 0.794 bits per heavy atom. The van der Waals surface area contributed by atoms with Gasteiger partial charge in [0.1, 0.15) is 5.82 Å². The molecule has 0 saturated heterocycles. The Balaban J connectivity index is 0.994. The molecule has 0 atom stereocenters. The third-order valence-corrected chi connectivity index (χ3v) is 12.9. The third-order valence-electron chi connectivity index (χ3n) is 12.9. The molecule has 0 unspecified atom stereocenters. The summed E-state index contributed by atoms with van der Waals surface area (Å²) in [6, 6.07) is 81.4. The Kier molecular flexibility index (Phi) is 9.43. The molecule has 0 aromatic heterocycles. The molecule has 0 aliphatic heterocycles. The van der Waals surface area contributed by atoms with E-state index in [0.717, 1.165) is 61.2 Å². The van der Waals surface area contributed by atoms with Crippen LogP contribution in [0.4, 0.5) is 21.5 Å². The van der Waals surface area contributed by atoms with Crippen molar-refractivity contribution in [1.29, 1.82) is 0 Å². The van der Waals surface area contributed by atoms with Crippen LogP contribution < -0.4 is 4.90 Å². The molecule has 1 nitrogen and oxygen atoms in total. The SMILES string of the molecule is CC1(C)c2ccccc2-c2cc(-c3cccc(N(c4ccc(-c5ccc(-c6ccccc6)cc5)cc4)c4ccc(-c5cccc6cccc(-c7cccc(F)c7)c56)cc4)c3)ccc21. The Morgan fingerprint density at radius 3 is 1.48 bits per heavy atom. The van der Waals surface area contributed by atoms with Crippen LogP contribution in [0.25, 0.3) is 77.5 Å². The maximum Gasteiger partial charge on any atom is 0.123 e. The lowest BCUT2D eigenvalue weighted by Gasteiger charge is -2.27. The van der Waals surface area contributed by atoms with Crippen molar-refractivity contribution < 1.29 is 4.39 Å². The van der Waals surface area contributed by atoms with Crippen LogP contribution in [0.1, 0.15) is 25.0 Å². The number of halogens is 1. The van der Waals surface area contributed by atoms with E-state index in [1.165, 1.54) is 50.6 Å². The summed E-state index contributed by atoms with van der Waals surface area (Å²) in [5, 5.41) is 2.22. The Bertz CT molecular complexity index is 3290. The van der Waals surface area contributed by atoms with Crippen LogP contribution in [0.15, 0.2) is 231 Å². The first-order valence-corrected chi connectivity index (χ1v) is 21.7. The lowest BCUT2D eigenvalue weighted by atomic mass is 9.82. The van der Waals surface area contributed by atoms with Crippen LogP contribution in [0.3, 0.4) is 0 Å². The van der Waals surface area contributed by atoms with Crippen molar-refractivity contribution in [3.63, 3.8) is 0 Å². The van der Waals surface area contributed by atoms with E-state index in [1.54, 1.807) is 12.1 Å². The van der Waals surface area contributed by atoms with Crippen molar-refractivity contribution in [1.82, 2.24) is 0 Å². The molecule has 0 heterocycles. The summed E-state index contributed by atoms with van der Waals surface area (Å²) in [6.45, 7) is 4.66. The minimum atomic E-state index is -0.241. The van der Waals surface area contributed by atoms with Gasteiger partial charge in [0.05, 0.1) is 0 Å². The summed E-state index contributed by atoms with van der Waals surface area (Å²) >= 11 is 0. The van der Waals surface area contributed by atoms with Crippen molar-refractivity contribution >= 4 is 27.8 Å². The highest BCUT2D eigenvalue weighted by atomic mass is 19.1. The zero-order valence-electron chi connectivity index (χ0n) is 35.3. The second-order valence-electron chi connectivity index (χ2n) is 17.1. The summed E-state index contributed by atoms with van der Waals surface area (Å²) in [7, 11) is 0. The smallest absolute Gasteiger partial charge is 0.123 e. The van der Waals surface area contributed by atoms with E-state index < -0.39 is 0 Å². The van der Waals surface area contributed by atoms with Gasteiger partial charge in [-0.1, -0.05) is 190 Å². The van der Waals surface area contributed by atoms with E-state index in [0.29, 0.717) is 0 Å². The van der Waals surface area contributed by atoms with E-state index in [9.17, 15) is 4.39 Å². The van der Waals surface area contributed by atoms with E-state index in [4.69, 9.17) is 0 Å². The van der Waals surface area contributed by atoms with Gasteiger partial charge in [0.2, 0.25) is 0 Å². The van der Waals surface area contributed by atoms with Crippen LogP contribution in [-0.2, 0) is 5.41 Å². The first-order valence-electron chi connectivity index (χ1n) is 21.7. The molecule has 300 valence electrons. The van der Waals surface area contributed by atoms with Crippen LogP contribution in [-0.4, -0.2) is 0 Å². The molecule has 0 radical (unpaired) electrons. The molecule has 0 N–H and O–H groups in total. The largest absolute Gasteiger partial charge is 0.310 e. The zero-order valence-corrected chi connectivity index (χ0v) is 35.3. The molecular weight excluding hydrogens is 766 g/mol. The van der Waals surface area contributed by atoms with Crippen LogP contribution >= 0.6 is 0 Å². The highest BCUT2D eigenvalue weighted by molar-refractivity contribution is 6.06. The first-order chi connectivity index (χ1) is 30.9. The number of nitrogens with zero attached hydrogens (tertiary/aromatic N) is 1. The predicted molar refractivity (Wildman–Crippen MR) is 263 cm³/mol. The number of benzene rings is 10.